The van der Waals surface area contributed by atoms with Crippen LogP contribution in [0.1, 0.15) is 11.1 Å². The van der Waals surface area contributed by atoms with Crippen molar-refractivity contribution in [1.29, 1.82) is 0 Å². The van der Waals surface area contributed by atoms with Gasteiger partial charge in [-0.2, -0.15) is 0 Å². The summed E-state index contributed by atoms with van der Waals surface area (Å²) in [4.78, 5) is 19.1. The zero-order valence-electron chi connectivity index (χ0n) is 19.0. The number of rotatable bonds is 6. The minimum Gasteiger partial charge on any atom is -1.00 e. The van der Waals surface area contributed by atoms with E-state index in [1.807, 2.05) is 0 Å². The molecule has 6 heteroatoms. The molecule has 30 heavy (non-hydrogen) atoms. The van der Waals surface area contributed by atoms with Crippen LogP contribution in [0.2, 0.25) is 0 Å². The van der Waals surface area contributed by atoms with Crippen molar-refractivity contribution in [3.8, 4) is 0 Å². The number of halogens is 1. The summed E-state index contributed by atoms with van der Waals surface area (Å²) in [6.45, 7) is 5.11. The Kier molecular flexibility index (Phi) is 14.4. The van der Waals surface area contributed by atoms with Gasteiger partial charge in [-0.3, -0.25) is 4.79 Å². The molecule has 2 aromatic carbocycles. The van der Waals surface area contributed by atoms with Crippen molar-refractivity contribution in [2.75, 3.05) is 42.3 Å². The molecule has 0 fully saturated rings. The average molecular weight is 435 g/mol. The van der Waals surface area contributed by atoms with Crippen molar-refractivity contribution < 1.29 is 36.1 Å². The number of carboxylic acids is 1. The van der Waals surface area contributed by atoms with Gasteiger partial charge in [0.05, 0.1) is 42.3 Å². The number of nitrogens with zero attached hydrogens (tertiary/aromatic N) is 2. The van der Waals surface area contributed by atoms with Crippen molar-refractivity contribution in [3.05, 3.63) is 84.4 Å². The molecule has 166 valence electrons. The quantitative estimate of drug-likeness (QED) is 0.342. The van der Waals surface area contributed by atoms with Crippen LogP contribution in [0.3, 0.4) is 0 Å². The molecule has 0 saturated carbocycles. The molecule has 0 spiro atoms. The average Bonchev–Trinajstić information content (AvgIpc) is 2.61. The second kappa shape index (κ2) is 14.5. The highest BCUT2D eigenvalue weighted by Gasteiger charge is 2.07. The van der Waals surface area contributed by atoms with Gasteiger partial charge in [0, 0.05) is 11.1 Å². The van der Waals surface area contributed by atoms with Gasteiger partial charge in [-0.25, -0.2) is 0 Å². The molecule has 0 saturated heterocycles. The Bertz CT molecular complexity index is 698. The smallest absolute Gasteiger partial charge is 0.200 e. The molecule has 0 heterocycles. The highest BCUT2D eigenvalue weighted by molar-refractivity contribution is 6.36. The first kappa shape index (κ1) is 29.7. The second-order valence-corrected chi connectivity index (χ2v) is 8.72. The summed E-state index contributed by atoms with van der Waals surface area (Å²) in [5, 5.41) is 9.40. The number of hydrogen-bond acceptors (Lipinski definition) is 3. The lowest BCUT2D eigenvalue weighted by molar-refractivity contribution is -0.884. The van der Waals surface area contributed by atoms with E-state index in [0.717, 1.165) is 22.1 Å². The van der Waals surface area contributed by atoms with Gasteiger partial charge in [-0.05, 0) is 6.08 Å². The van der Waals surface area contributed by atoms with E-state index in [2.05, 4.69) is 110 Å². The van der Waals surface area contributed by atoms with Gasteiger partial charge >= 0.3 is 0 Å². The van der Waals surface area contributed by atoms with Crippen LogP contribution in [0.25, 0.3) is 0 Å². The molecule has 2 aromatic rings. The normalized spacial score (nSPS) is 10.2. The van der Waals surface area contributed by atoms with E-state index in [4.69, 9.17) is 0 Å². The van der Waals surface area contributed by atoms with Crippen LogP contribution >= 0.6 is 0 Å². The van der Waals surface area contributed by atoms with Crippen molar-refractivity contribution in [3.63, 3.8) is 0 Å². The number of aliphatic carboxylic acids is 1. The standard InChI is InChI=1S/2C10H16N.C4H4O3.ClH/c2*1-11(2,3)9-10-7-5-4-6-8-10;1-2-3(5)4(6)7;/h2*4-8H,9H2,1-3H3;2H,1H2,(H,6,7);1H/q2*+1;;/p-2. The number of carbonyl (C=O) groups excluding carboxylic acids is 2. The van der Waals surface area contributed by atoms with E-state index >= 15 is 0 Å². The van der Waals surface area contributed by atoms with Crippen molar-refractivity contribution in [2.45, 2.75) is 13.1 Å². The number of hydrogen-bond donors (Lipinski definition) is 0. The SMILES string of the molecule is C=CC(=O)C(=O)[O-].C[N+](C)(C)Cc1ccccc1.C[N+](C)(C)Cc1ccccc1.[Cl-]. The molecule has 0 amide bonds. The molecule has 0 radical (unpaired) electrons. The van der Waals surface area contributed by atoms with E-state index in [1.54, 1.807) is 0 Å². The third-order valence-corrected chi connectivity index (χ3v) is 3.39. The maximum Gasteiger partial charge on any atom is 0.200 e. The third kappa shape index (κ3) is 17.6. The van der Waals surface area contributed by atoms with E-state index in [-0.39, 0.29) is 12.4 Å². The highest BCUT2D eigenvalue weighted by atomic mass is 35.5. The maximum atomic E-state index is 9.73. The molecule has 0 aliphatic rings. The van der Waals surface area contributed by atoms with Crippen molar-refractivity contribution in [2.24, 2.45) is 0 Å². The monoisotopic (exact) mass is 434 g/mol. The Balaban J connectivity index is 0. The Morgan fingerprint density at radius 3 is 1.23 bits per heavy atom. The first-order valence-electron chi connectivity index (χ1n) is 9.40. The molecule has 5 nitrogen and oxygen atoms in total. The molecule has 0 bridgehead atoms. The van der Waals surface area contributed by atoms with Crippen LogP contribution in [0.5, 0.6) is 0 Å². The summed E-state index contributed by atoms with van der Waals surface area (Å²) in [5.41, 5.74) is 2.81. The number of ketones is 1. The van der Waals surface area contributed by atoms with Crippen LogP contribution in [0.4, 0.5) is 0 Å². The summed E-state index contributed by atoms with van der Waals surface area (Å²) in [6, 6.07) is 21.1. The van der Waals surface area contributed by atoms with Crippen LogP contribution in [0, 0.1) is 0 Å². The molecule has 0 aromatic heterocycles. The fourth-order valence-corrected chi connectivity index (χ4v) is 2.35. The summed E-state index contributed by atoms with van der Waals surface area (Å²) < 4.78 is 1.98. The molecular weight excluding hydrogens is 400 g/mol. The summed E-state index contributed by atoms with van der Waals surface area (Å²) in [5.74, 6) is -2.80. The van der Waals surface area contributed by atoms with Gasteiger partial charge in [0.1, 0.15) is 19.1 Å². The number of benzene rings is 2. The van der Waals surface area contributed by atoms with Crippen molar-refractivity contribution in [1.82, 2.24) is 0 Å². The zero-order valence-corrected chi connectivity index (χ0v) is 19.7. The van der Waals surface area contributed by atoms with Crippen LogP contribution < -0.4 is 17.5 Å². The molecule has 0 unspecified atom stereocenters. The Morgan fingerprint density at radius 2 is 1.07 bits per heavy atom. The molecule has 0 N–H and O–H groups in total. The number of carboxylic acid groups (broad SMARTS) is 1. The Labute approximate surface area is 187 Å². The second-order valence-electron chi connectivity index (χ2n) is 8.72. The van der Waals surface area contributed by atoms with E-state index in [9.17, 15) is 14.7 Å². The lowest BCUT2D eigenvalue weighted by atomic mass is 10.2. The maximum absolute atomic E-state index is 9.73. The van der Waals surface area contributed by atoms with Gasteiger partial charge in [-0.15, -0.1) is 0 Å². The predicted octanol–water partition coefficient (Wildman–Crippen LogP) is -0.719. The fraction of sp³-hybridized carbons (Fsp3) is 0.333. The van der Waals surface area contributed by atoms with E-state index < -0.39 is 11.8 Å². The summed E-state index contributed by atoms with van der Waals surface area (Å²) in [7, 11) is 13.2. The number of carbonyl (C=O) groups is 2. The predicted molar refractivity (Wildman–Crippen MR) is 117 cm³/mol. The molecular formula is C24H35ClN2O3. The largest absolute Gasteiger partial charge is 1.00 e. The topological polar surface area (TPSA) is 57.2 Å². The van der Waals surface area contributed by atoms with E-state index in [0.29, 0.717) is 6.08 Å². The van der Waals surface area contributed by atoms with Crippen LogP contribution in [-0.4, -0.2) is 63.0 Å². The fourth-order valence-electron chi connectivity index (χ4n) is 2.35. The summed E-state index contributed by atoms with van der Waals surface area (Å²) >= 11 is 0. The van der Waals surface area contributed by atoms with Gasteiger partial charge in [0.15, 0.2) is 0 Å². The molecule has 0 atom stereocenters. The van der Waals surface area contributed by atoms with E-state index in [1.165, 1.54) is 11.1 Å². The zero-order chi connectivity index (χ0) is 22.5. The summed E-state index contributed by atoms with van der Waals surface area (Å²) in [6.07, 6.45) is 0.690. The van der Waals surface area contributed by atoms with Gasteiger partial charge < -0.3 is 31.3 Å². The minimum absolute atomic E-state index is 0. The third-order valence-electron chi connectivity index (χ3n) is 3.39. The van der Waals surface area contributed by atoms with Crippen molar-refractivity contribution >= 4 is 11.8 Å². The van der Waals surface area contributed by atoms with Gasteiger partial charge in [-0.1, -0.05) is 67.2 Å². The first-order chi connectivity index (χ1) is 13.3. The van der Waals surface area contributed by atoms with Crippen LogP contribution in [0.15, 0.2) is 73.3 Å². The number of quaternary nitrogens is 2. The molecule has 0 aliphatic heterocycles. The van der Waals surface area contributed by atoms with Gasteiger partial charge in [0.2, 0.25) is 5.78 Å². The lowest BCUT2D eigenvalue weighted by Gasteiger charge is -2.23. The van der Waals surface area contributed by atoms with Crippen LogP contribution in [-0.2, 0) is 22.7 Å². The molecule has 2 rings (SSSR count). The van der Waals surface area contributed by atoms with Gasteiger partial charge in [0.25, 0.3) is 0 Å². The Morgan fingerprint density at radius 1 is 0.767 bits per heavy atom. The Hall–Kier alpha value is -2.47. The highest BCUT2D eigenvalue weighted by Crippen LogP contribution is 2.05. The molecule has 0 aliphatic carbocycles. The lowest BCUT2D eigenvalue weighted by Crippen LogP contribution is -3.00. The minimum atomic E-state index is -1.71. The first-order valence-corrected chi connectivity index (χ1v) is 9.40.